The van der Waals surface area contributed by atoms with Crippen LogP contribution in [-0.4, -0.2) is 29.0 Å². The van der Waals surface area contributed by atoms with Crippen molar-refractivity contribution in [3.63, 3.8) is 0 Å². The first-order valence-corrected chi connectivity index (χ1v) is 8.43. The number of aryl methyl sites for hydroxylation is 4. The smallest absolute Gasteiger partial charge is 0.162 e. The largest absolute Gasteiger partial charge is 0.301 e. The quantitative estimate of drug-likeness (QED) is 0.576. The van der Waals surface area contributed by atoms with E-state index in [1.807, 2.05) is 49.8 Å². The van der Waals surface area contributed by atoms with E-state index in [1.54, 1.807) is 0 Å². The predicted molar refractivity (Wildman–Crippen MR) is 97.6 cm³/mol. The van der Waals surface area contributed by atoms with E-state index >= 15 is 0 Å². The molecule has 4 heterocycles. The van der Waals surface area contributed by atoms with Crippen molar-refractivity contribution in [3.05, 3.63) is 65.3 Å². The van der Waals surface area contributed by atoms with Crippen molar-refractivity contribution in [3.8, 4) is 0 Å². The Labute approximate surface area is 145 Å². The van der Waals surface area contributed by atoms with Crippen LogP contribution in [0, 0.1) is 13.8 Å². The molecule has 0 radical (unpaired) electrons. The molecule has 0 aliphatic carbocycles. The van der Waals surface area contributed by atoms with Crippen LogP contribution in [0.2, 0.25) is 0 Å². The van der Waals surface area contributed by atoms with Crippen molar-refractivity contribution < 1.29 is 0 Å². The summed E-state index contributed by atoms with van der Waals surface area (Å²) in [4.78, 5) is 13.8. The van der Waals surface area contributed by atoms with Crippen LogP contribution in [0.25, 0.3) is 17.4 Å². The van der Waals surface area contributed by atoms with E-state index in [0.717, 1.165) is 52.6 Å². The molecule has 0 fully saturated rings. The van der Waals surface area contributed by atoms with Gasteiger partial charge in [-0.2, -0.15) is 5.10 Å². The number of rotatable bonds is 4. The van der Waals surface area contributed by atoms with Gasteiger partial charge in [0.2, 0.25) is 0 Å². The number of nitrogens with zero attached hydrogens (tertiary/aromatic N) is 6. The average molecular weight is 332 g/mol. The van der Waals surface area contributed by atoms with Crippen molar-refractivity contribution in [1.29, 1.82) is 0 Å². The van der Waals surface area contributed by atoms with Crippen molar-refractivity contribution in [2.24, 2.45) is 0 Å². The Morgan fingerprint density at radius 2 is 2.00 bits per heavy atom. The Hall–Kier alpha value is -3.02. The Balaban J connectivity index is 1.61. The molecule has 126 valence electrons. The Bertz CT molecular complexity index is 1050. The average Bonchev–Trinajstić information content (AvgIpc) is 3.22. The number of hydrogen-bond acceptors (Lipinski definition) is 4. The van der Waals surface area contributed by atoms with Crippen LogP contribution >= 0.6 is 0 Å². The number of imidazole rings is 1. The normalized spacial score (nSPS) is 12.0. The van der Waals surface area contributed by atoms with Crippen LogP contribution in [0.4, 0.5) is 0 Å². The number of allylic oxidation sites excluding steroid dienone is 1. The van der Waals surface area contributed by atoms with Crippen LogP contribution in [-0.2, 0) is 12.8 Å². The number of aromatic nitrogens is 6. The minimum Gasteiger partial charge on any atom is -0.301 e. The lowest BCUT2D eigenvalue weighted by molar-refractivity contribution is 0.825. The number of fused-ring (bicyclic) bond motifs is 2. The molecule has 0 atom stereocenters. The maximum atomic E-state index is 4.72. The minimum atomic E-state index is 0.756. The van der Waals surface area contributed by atoms with Gasteiger partial charge < -0.3 is 4.40 Å². The third kappa shape index (κ3) is 2.80. The highest BCUT2D eigenvalue weighted by Gasteiger charge is 2.10. The zero-order valence-electron chi connectivity index (χ0n) is 14.6. The first-order valence-electron chi connectivity index (χ1n) is 8.43. The number of pyridine rings is 1. The highest BCUT2D eigenvalue weighted by atomic mass is 15.3. The summed E-state index contributed by atoms with van der Waals surface area (Å²) in [5, 5.41) is 4.58. The maximum absolute atomic E-state index is 4.72. The molecule has 0 aromatic carbocycles. The van der Waals surface area contributed by atoms with E-state index in [0.29, 0.717) is 0 Å². The summed E-state index contributed by atoms with van der Waals surface area (Å²) in [6.07, 6.45) is 11.5. The molecule has 0 unspecified atom stereocenters. The molecule has 0 aliphatic rings. The van der Waals surface area contributed by atoms with E-state index in [-0.39, 0.29) is 0 Å². The SMILES string of the molecule is C/C=C\c1cccn2nc(CCc3cn4c(C)cnc(C)c4n3)nc12. The second-order valence-corrected chi connectivity index (χ2v) is 6.17. The fraction of sp³-hybridized carbons (Fsp3) is 0.263. The standard InChI is InChI=1S/C19H20N6/c1-4-6-15-7-5-10-25-19(15)22-17(23-25)9-8-16-12-24-13(2)11-20-14(3)18(24)21-16/h4-7,10-12H,8-9H2,1-3H3/b6-4-. The fourth-order valence-corrected chi connectivity index (χ4v) is 3.01. The van der Waals surface area contributed by atoms with Gasteiger partial charge in [0.1, 0.15) is 0 Å². The Kier molecular flexibility index (Phi) is 3.80. The molecule has 4 rings (SSSR count). The molecule has 0 aliphatic heterocycles. The molecule has 0 spiro atoms. The van der Waals surface area contributed by atoms with Crippen LogP contribution in [0.3, 0.4) is 0 Å². The molecule has 0 saturated heterocycles. The molecule has 6 heteroatoms. The highest BCUT2D eigenvalue weighted by Crippen LogP contribution is 2.14. The highest BCUT2D eigenvalue weighted by molar-refractivity contribution is 5.64. The molecule has 6 nitrogen and oxygen atoms in total. The predicted octanol–water partition coefficient (Wildman–Crippen LogP) is 3.21. The zero-order valence-corrected chi connectivity index (χ0v) is 14.6. The summed E-state index contributed by atoms with van der Waals surface area (Å²) in [6, 6.07) is 4.04. The molecule has 25 heavy (non-hydrogen) atoms. The van der Waals surface area contributed by atoms with E-state index in [1.165, 1.54) is 0 Å². The maximum Gasteiger partial charge on any atom is 0.162 e. The Morgan fingerprint density at radius 1 is 1.12 bits per heavy atom. The summed E-state index contributed by atoms with van der Waals surface area (Å²) in [5.41, 5.74) is 5.95. The molecular formula is C19H20N6. The van der Waals surface area contributed by atoms with Crippen molar-refractivity contribution in [2.45, 2.75) is 33.6 Å². The van der Waals surface area contributed by atoms with E-state index < -0.39 is 0 Å². The van der Waals surface area contributed by atoms with Crippen molar-refractivity contribution >= 4 is 17.4 Å². The first-order chi connectivity index (χ1) is 12.2. The van der Waals surface area contributed by atoms with E-state index in [9.17, 15) is 0 Å². The molecule has 4 aromatic heterocycles. The molecule has 4 aromatic rings. The van der Waals surface area contributed by atoms with E-state index in [2.05, 4.69) is 37.8 Å². The third-order valence-corrected chi connectivity index (χ3v) is 4.29. The monoisotopic (exact) mass is 332 g/mol. The van der Waals surface area contributed by atoms with Crippen LogP contribution in [0.1, 0.15) is 35.4 Å². The number of hydrogen-bond donors (Lipinski definition) is 0. The second-order valence-electron chi connectivity index (χ2n) is 6.17. The van der Waals surface area contributed by atoms with Gasteiger partial charge in [-0.25, -0.2) is 14.5 Å². The molecule has 0 bridgehead atoms. The van der Waals surface area contributed by atoms with Crippen LogP contribution < -0.4 is 0 Å². The minimum absolute atomic E-state index is 0.756. The van der Waals surface area contributed by atoms with Gasteiger partial charge >= 0.3 is 0 Å². The summed E-state index contributed by atoms with van der Waals surface area (Å²) in [7, 11) is 0. The topological polar surface area (TPSA) is 60.4 Å². The first kappa shape index (κ1) is 15.5. The lowest BCUT2D eigenvalue weighted by Crippen LogP contribution is -1.94. The van der Waals surface area contributed by atoms with Gasteiger partial charge in [-0.05, 0) is 39.3 Å². The van der Waals surface area contributed by atoms with Crippen LogP contribution in [0.5, 0.6) is 0 Å². The van der Waals surface area contributed by atoms with Crippen LogP contribution in [0.15, 0.2) is 36.8 Å². The summed E-state index contributed by atoms with van der Waals surface area (Å²) >= 11 is 0. The van der Waals surface area contributed by atoms with Crippen molar-refractivity contribution in [1.82, 2.24) is 29.0 Å². The third-order valence-electron chi connectivity index (χ3n) is 4.29. The lowest BCUT2D eigenvalue weighted by atomic mass is 10.2. The van der Waals surface area contributed by atoms with Gasteiger partial charge in [0, 0.05) is 36.3 Å². The molecule has 0 amide bonds. The van der Waals surface area contributed by atoms with Gasteiger partial charge in [-0.1, -0.05) is 12.2 Å². The van der Waals surface area contributed by atoms with Crippen molar-refractivity contribution in [2.75, 3.05) is 0 Å². The molecule has 0 saturated carbocycles. The summed E-state index contributed by atoms with van der Waals surface area (Å²) in [6.45, 7) is 6.03. The zero-order chi connectivity index (χ0) is 17.4. The Morgan fingerprint density at radius 3 is 2.80 bits per heavy atom. The second kappa shape index (κ2) is 6.12. The lowest BCUT2D eigenvalue weighted by Gasteiger charge is -1.99. The molecule has 0 N–H and O–H groups in total. The summed E-state index contributed by atoms with van der Waals surface area (Å²) in [5.74, 6) is 0.834. The summed E-state index contributed by atoms with van der Waals surface area (Å²) < 4.78 is 3.94. The van der Waals surface area contributed by atoms with E-state index in [4.69, 9.17) is 4.98 Å². The van der Waals surface area contributed by atoms with Gasteiger partial charge in [0.25, 0.3) is 0 Å². The van der Waals surface area contributed by atoms with Gasteiger partial charge in [-0.15, -0.1) is 0 Å². The molecular weight excluding hydrogens is 312 g/mol. The van der Waals surface area contributed by atoms with Gasteiger partial charge in [0.05, 0.1) is 11.4 Å². The van der Waals surface area contributed by atoms with Gasteiger partial charge in [0.15, 0.2) is 17.1 Å². The fourth-order valence-electron chi connectivity index (χ4n) is 3.01. The van der Waals surface area contributed by atoms with Gasteiger partial charge in [-0.3, -0.25) is 4.98 Å².